The molecule has 0 saturated carbocycles. The van der Waals surface area contributed by atoms with E-state index in [2.05, 4.69) is 37.9 Å². The van der Waals surface area contributed by atoms with E-state index in [1.165, 1.54) is 22.3 Å². The highest BCUT2D eigenvalue weighted by Crippen LogP contribution is 2.39. The lowest BCUT2D eigenvalue weighted by molar-refractivity contribution is 0.784. The van der Waals surface area contributed by atoms with E-state index in [9.17, 15) is 0 Å². The Morgan fingerprint density at radius 3 is 1.58 bits per heavy atom. The summed E-state index contributed by atoms with van der Waals surface area (Å²) < 4.78 is 0. The summed E-state index contributed by atoms with van der Waals surface area (Å²) in [5, 5.41) is 0.0254. The molecule has 1 unspecified atom stereocenters. The highest BCUT2D eigenvalue weighted by molar-refractivity contribution is 6.41. The average molecular weight is 198 g/mol. The number of alkyl halides is 1. The van der Waals surface area contributed by atoms with Crippen LogP contribution < -0.4 is 0 Å². The third-order valence-corrected chi connectivity index (χ3v) is 3.56. The Morgan fingerprint density at radius 2 is 1.42 bits per heavy atom. The van der Waals surface area contributed by atoms with Gasteiger partial charge in [-0.2, -0.15) is 0 Å². The van der Waals surface area contributed by atoms with Crippen molar-refractivity contribution in [2.45, 2.75) is 32.7 Å². The lowest BCUT2D eigenvalue weighted by Crippen LogP contribution is -2.15. The second kappa shape index (κ2) is 3.39. The minimum absolute atomic E-state index is 0.0254. The Labute approximate surface area is 83.1 Å². The van der Waals surface area contributed by atoms with Crippen LogP contribution in [-0.2, 0) is 0 Å². The minimum Gasteiger partial charge on any atom is -0.126 e. The molecule has 0 amide bonds. The fraction of sp³-hybridized carbons (Fsp3) is 0.600. The largest absolute Gasteiger partial charge is 0.126 e. The van der Waals surface area contributed by atoms with Gasteiger partial charge in [0, 0.05) is 21.2 Å². The Hall–Kier alpha value is -0.0131. The van der Waals surface area contributed by atoms with Crippen LogP contribution in [0.1, 0.15) is 27.7 Å². The molecule has 1 aliphatic carbocycles. The van der Waals surface area contributed by atoms with Gasteiger partial charge in [-0.05, 0) is 38.8 Å². The predicted molar refractivity (Wildman–Crippen MR) is 55.6 cm³/mol. The average Bonchev–Trinajstić information content (AvgIpc) is 2.16. The molecule has 0 bridgehead atoms. The van der Waals surface area contributed by atoms with Crippen LogP contribution in [0.5, 0.6) is 0 Å². The van der Waals surface area contributed by atoms with E-state index in [1.807, 2.05) is 0 Å². The van der Waals surface area contributed by atoms with E-state index in [0.29, 0.717) is 5.92 Å². The first-order valence-electron chi connectivity index (χ1n) is 4.17. The van der Waals surface area contributed by atoms with Gasteiger partial charge in [0.15, 0.2) is 0 Å². The molecule has 0 saturated heterocycles. The molecule has 0 aromatic carbocycles. The fourth-order valence-corrected chi connectivity index (χ4v) is 2.70. The normalized spacial score (nSPS) is 22.5. The van der Waals surface area contributed by atoms with Crippen molar-refractivity contribution in [2.24, 2.45) is 5.92 Å². The summed E-state index contributed by atoms with van der Waals surface area (Å²) >= 11 is 6.05. The van der Waals surface area contributed by atoms with Crippen LogP contribution in [0.4, 0.5) is 0 Å². The van der Waals surface area contributed by atoms with E-state index < -0.39 is 0 Å². The lowest BCUT2D eigenvalue weighted by atomic mass is 9.99. The van der Waals surface area contributed by atoms with E-state index in [1.54, 1.807) is 0 Å². The van der Waals surface area contributed by atoms with Crippen molar-refractivity contribution in [3.05, 3.63) is 22.3 Å². The maximum absolute atomic E-state index is 6.05. The van der Waals surface area contributed by atoms with Gasteiger partial charge in [-0.1, -0.05) is 11.1 Å². The Bertz CT molecular complexity index is 237. The quantitative estimate of drug-likeness (QED) is 0.448. The first-order chi connectivity index (χ1) is 5.46. The Morgan fingerprint density at radius 1 is 1.08 bits per heavy atom. The summed E-state index contributed by atoms with van der Waals surface area (Å²) in [6.07, 6.45) is 0. The summed E-state index contributed by atoms with van der Waals surface area (Å²) in [6.45, 7) is 8.66. The molecule has 0 nitrogen and oxygen atoms in total. The molecule has 65 valence electrons. The maximum Gasteiger partial charge on any atom is 0.0500 e. The van der Waals surface area contributed by atoms with Crippen molar-refractivity contribution in [3.8, 4) is 0 Å². The summed E-state index contributed by atoms with van der Waals surface area (Å²) in [6, 6.07) is 0. The van der Waals surface area contributed by atoms with Gasteiger partial charge in [-0.25, -0.2) is 0 Å². The molecule has 3 radical (unpaired) electrons. The number of hydrogen-bond donors (Lipinski definition) is 0. The van der Waals surface area contributed by atoms with Crippen molar-refractivity contribution in [1.82, 2.24) is 0 Å². The SMILES string of the molecule is CC1=C(C)C(C([Si])Cl)C(C)=C1C. The third-order valence-electron chi connectivity index (χ3n) is 2.97. The highest BCUT2D eigenvalue weighted by Gasteiger charge is 2.27. The minimum atomic E-state index is 0.0254. The van der Waals surface area contributed by atoms with Crippen LogP contribution in [0.3, 0.4) is 0 Å². The van der Waals surface area contributed by atoms with Crippen molar-refractivity contribution in [3.63, 3.8) is 0 Å². The number of hydrogen-bond acceptors (Lipinski definition) is 0. The van der Waals surface area contributed by atoms with Crippen LogP contribution in [0.25, 0.3) is 0 Å². The van der Waals surface area contributed by atoms with E-state index in [-0.39, 0.29) is 5.00 Å². The monoisotopic (exact) mass is 197 g/mol. The molecule has 2 heteroatoms. The summed E-state index contributed by atoms with van der Waals surface area (Å²) in [5.74, 6) is 0.392. The standard InChI is InChI=1S/C10H14ClSi/c1-5-6(2)8(4)9(7(5)3)10(11)12/h9-10H,1-4H3. The first-order valence-corrected chi connectivity index (χ1v) is 5.18. The van der Waals surface area contributed by atoms with Crippen LogP contribution in [0.15, 0.2) is 22.3 Å². The second-order valence-electron chi connectivity index (χ2n) is 3.50. The van der Waals surface area contributed by atoms with Gasteiger partial charge in [-0.3, -0.25) is 0 Å². The summed E-state index contributed by atoms with van der Waals surface area (Å²) in [5.41, 5.74) is 5.61. The van der Waals surface area contributed by atoms with Gasteiger partial charge in [0.2, 0.25) is 0 Å². The zero-order valence-electron chi connectivity index (χ0n) is 8.03. The van der Waals surface area contributed by atoms with Gasteiger partial charge >= 0.3 is 0 Å². The van der Waals surface area contributed by atoms with Gasteiger partial charge in [0.25, 0.3) is 0 Å². The van der Waals surface area contributed by atoms with Crippen molar-refractivity contribution in [2.75, 3.05) is 0 Å². The molecule has 0 aromatic rings. The summed E-state index contributed by atoms with van der Waals surface area (Å²) in [4.78, 5) is 0. The first kappa shape index (κ1) is 10.1. The predicted octanol–water partition coefficient (Wildman–Crippen LogP) is 3.02. The number of rotatable bonds is 1. The van der Waals surface area contributed by atoms with E-state index in [4.69, 9.17) is 11.6 Å². The molecule has 0 heterocycles. The van der Waals surface area contributed by atoms with Crippen molar-refractivity contribution >= 4 is 21.8 Å². The molecule has 0 spiro atoms. The molecule has 1 atom stereocenters. The lowest BCUT2D eigenvalue weighted by Gasteiger charge is -2.17. The molecule has 0 aromatic heterocycles. The smallest absolute Gasteiger partial charge is 0.0500 e. The maximum atomic E-state index is 6.05. The van der Waals surface area contributed by atoms with Crippen molar-refractivity contribution < 1.29 is 0 Å². The zero-order valence-corrected chi connectivity index (χ0v) is 9.79. The van der Waals surface area contributed by atoms with Crippen molar-refractivity contribution in [1.29, 1.82) is 0 Å². The van der Waals surface area contributed by atoms with Gasteiger partial charge in [-0.15, -0.1) is 11.6 Å². The molecule has 1 aliphatic rings. The molecule has 0 fully saturated rings. The molecule has 12 heavy (non-hydrogen) atoms. The number of allylic oxidation sites excluding steroid dienone is 4. The molecule has 0 N–H and O–H groups in total. The number of halogens is 1. The molecule has 1 rings (SSSR count). The van der Waals surface area contributed by atoms with Gasteiger partial charge in [0.1, 0.15) is 0 Å². The van der Waals surface area contributed by atoms with E-state index >= 15 is 0 Å². The Balaban J connectivity index is 3.08. The third kappa shape index (κ3) is 1.40. The molecular formula is C10H14ClSi. The van der Waals surface area contributed by atoms with E-state index in [0.717, 1.165) is 0 Å². The van der Waals surface area contributed by atoms with Crippen LogP contribution in [0, 0.1) is 5.92 Å². The van der Waals surface area contributed by atoms with Gasteiger partial charge in [0.05, 0.1) is 0 Å². The fourth-order valence-electron chi connectivity index (χ4n) is 1.82. The summed E-state index contributed by atoms with van der Waals surface area (Å²) in [7, 11) is 3.48. The van der Waals surface area contributed by atoms with Crippen LogP contribution in [0.2, 0.25) is 0 Å². The zero-order chi connectivity index (χ0) is 9.46. The van der Waals surface area contributed by atoms with Crippen LogP contribution >= 0.6 is 11.6 Å². The molecular weight excluding hydrogens is 184 g/mol. The molecule has 0 aliphatic heterocycles. The Kier molecular flexibility index (Phi) is 2.84. The van der Waals surface area contributed by atoms with Gasteiger partial charge < -0.3 is 0 Å². The second-order valence-corrected chi connectivity index (χ2v) is 4.95. The highest BCUT2D eigenvalue weighted by atomic mass is 35.5. The topological polar surface area (TPSA) is 0 Å². The van der Waals surface area contributed by atoms with Crippen LogP contribution in [-0.4, -0.2) is 15.2 Å².